The Morgan fingerprint density at radius 2 is 1.90 bits per heavy atom. The van der Waals surface area contributed by atoms with Gasteiger partial charge in [0.1, 0.15) is 0 Å². The van der Waals surface area contributed by atoms with Crippen LogP contribution in [0.3, 0.4) is 0 Å². The number of H-pyrrole nitrogens is 1. The van der Waals surface area contributed by atoms with Crippen LogP contribution in [0.1, 0.15) is 24.1 Å². The third kappa shape index (κ3) is 5.21. The minimum Gasteiger partial charge on any atom is -0.345 e. The van der Waals surface area contributed by atoms with Crippen molar-refractivity contribution in [3.05, 3.63) is 64.8 Å². The number of piperidine rings is 1. The Morgan fingerprint density at radius 3 is 2.67 bits per heavy atom. The highest BCUT2D eigenvalue weighted by atomic mass is 35.5. The number of likely N-dealkylation sites (N-methyl/N-ethyl adjacent to an activating group) is 1. The zero-order chi connectivity index (χ0) is 20.9. The summed E-state index contributed by atoms with van der Waals surface area (Å²) in [6.45, 7) is 4.11. The lowest BCUT2D eigenvalue weighted by Gasteiger charge is -2.34. The van der Waals surface area contributed by atoms with Gasteiger partial charge in [0, 0.05) is 30.5 Å². The van der Waals surface area contributed by atoms with Crippen molar-refractivity contribution in [2.75, 3.05) is 33.2 Å². The second-order valence-corrected chi connectivity index (χ2v) is 8.77. The third-order valence-corrected chi connectivity index (χ3v) is 6.42. The Labute approximate surface area is 183 Å². The highest BCUT2D eigenvalue weighted by Gasteiger charge is 2.22. The summed E-state index contributed by atoms with van der Waals surface area (Å²) in [5.74, 6) is 0.721. The number of carbonyl (C=O) groups excluding carboxylic acids is 1. The van der Waals surface area contributed by atoms with Crippen molar-refractivity contribution in [3.63, 3.8) is 0 Å². The largest absolute Gasteiger partial charge is 0.345 e. The lowest BCUT2D eigenvalue weighted by Crippen LogP contribution is -2.40. The van der Waals surface area contributed by atoms with E-state index in [-0.39, 0.29) is 5.91 Å². The number of aromatic nitrogens is 2. The van der Waals surface area contributed by atoms with Crippen molar-refractivity contribution in [2.45, 2.75) is 25.7 Å². The summed E-state index contributed by atoms with van der Waals surface area (Å²) in [6, 6.07) is 16.1. The Balaban J connectivity index is 1.21. The Bertz CT molecular complexity index is 976. The number of benzene rings is 2. The first-order valence-electron chi connectivity index (χ1n) is 10.7. The van der Waals surface area contributed by atoms with Crippen LogP contribution >= 0.6 is 11.6 Å². The molecular weight excluding hydrogens is 396 g/mol. The molecule has 1 aliphatic rings. The van der Waals surface area contributed by atoms with Gasteiger partial charge < -0.3 is 9.80 Å². The summed E-state index contributed by atoms with van der Waals surface area (Å²) in [5, 5.41) is 9.14. The molecule has 4 rings (SSSR count). The Morgan fingerprint density at radius 1 is 1.17 bits per heavy atom. The molecule has 1 saturated heterocycles. The van der Waals surface area contributed by atoms with Crippen LogP contribution in [-0.2, 0) is 17.6 Å². The maximum absolute atomic E-state index is 12.7. The van der Waals surface area contributed by atoms with Crippen LogP contribution in [0, 0.1) is 5.92 Å². The fourth-order valence-corrected chi connectivity index (χ4v) is 4.38. The molecule has 2 heterocycles. The fraction of sp³-hybridized carbons (Fsp3) is 0.417. The molecule has 3 aromatic rings. The number of hydrogen-bond acceptors (Lipinski definition) is 3. The second kappa shape index (κ2) is 9.63. The van der Waals surface area contributed by atoms with Crippen LogP contribution in [0.25, 0.3) is 10.9 Å². The van der Waals surface area contributed by atoms with E-state index in [9.17, 15) is 4.79 Å². The number of likely N-dealkylation sites (tertiary alicyclic amines) is 1. The van der Waals surface area contributed by atoms with Gasteiger partial charge in [-0.3, -0.25) is 9.89 Å². The number of carbonyl (C=O) groups is 1. The zero-order valence-corrected chi connectivity index (χ0v) is 18.2. The van der Waals surface area contributed by atoms with E-state index in [1.54, 1.807) is 0 Å². The molecule has 5 nitrogen and oxygen atoms in total. The lowest BCUT2D eigenvalue weighted by atomic mass is 9.95. The number of halogens is 1. The number of nitrogens with one attached hydrogen (secondary N) is 1. The molecule has 1 fully saturated rings. The number of para-hydroxylation sites is 1. The van der Waals surface area contributed by atoms with Crippen LogP contribution in [0.5, 0.6) is 0 Å². The predicted octanol–water partition coefficient (Wildman–Crippen LogP) is 4.17. The molecule has 1 N–H and O–H groups in total. The average molecular weight is 425 g/mol. The molecule has 0 saturated carbocycles. The summed E-state index contributed by atoms with van der Waals surface area (Å²) < 4.78 is 0. The number of amides is 1. The van der Waals surface area contributed by atoms with Gasteiger partial charge in [-0.15, -0.1) is 0 Å². The van der Waals surface area contributed by atoms with E-state index in [0.717, 1.165) is 67.1 Å². The smallest absolute Gasteiger partial charge is 0.228 e. The maximum atomic E-state index is 12.7. The van der Waals surface area contributed by atoms with Gasteiger partial charge in [-0.05, 0) is 62.0 Å². The molecule has 0 bridgehead atoms. The van der Waals surface area contributed by atoms with Gasteiger partial charge in [-0.2, -0.15) is 5.10 Å². The zero-order valence-electron chi connectivity index (χ0n) is 17.5. The monoisotopic (exact) mass is 424 g/mol. The lowest BCUT2D eigenvalue weighted by molar-refractivity contribution is -0.130. The van der Waals surface area contributed by atoms with Crippen LogP contribution in [0.4, 0.5) is 0 Å². The van der Waals surface area contributed by atoms with Crippen LogP contribution < -0.4 is 0 Å². The number of aromatic amines is 1. The number of nitrogens with zero attached hydrogens (tertiary/aromatic N) is 3. The SMILES string of the molecule is CN(CC1CCN(CCc2ccc(Cl)cc2)CC1)C(=O)Cc1[nH]nc2ccccc12. The molecule has 1 amide bonds. The first-order valence-corrected chi connectivity index (χ1v) is 11.1. The molecule has 0 atom stereocenters. The molecular formula is C24H29ClN4O. The van der Waals surface area contributed by atoms with E-state index in [0.29, 0.717) is 12.3 Å². The van der Waals surface area contributed by atoms with E-state index in [2.05, 4.69) is 27.2 Å². The average Bonchev–Trinajstić information content (AvgIpc) is 3.17. The molecule has 6 heteroatoms. The van der Waals surface area contributed by atoms with Crippen LogP contribution in [0.15, 0.2) is 48.5 Å². The molecule has 30 heavy (non-hydrogen) atoms. The first-order chi connectivity index (χ1) is 14.6. The van der Waals surface area contributed by atoms with Gasteiger partial charge in [0.2, 0.25) is 5.91 Å². The van der Waals surface area contributed by atoms with E-state index in [1.807, 2.05) is 48.3 Å². The minimum absolute atomic E-state index is 0.148. The highest BCUT2D eigenvalue weighted by Crippen LogP contribution is 2.20. The van der Waals surface area contributed by atoms with Crippen LogP contribution in [-0.4, -0.2) is 59.1 Å². The summed E-state index contributed by atoms with van der Waals surface area (Å²) >= 11 is 5.96. The van der Waals surface area contributed by atoms with E-state index in [4.69, 9.17) is 11.6 Å². The first kappa shape index (κ1) is 20.9. The van der Waals surface area contributed by atoms with Crippen molar-refractivity contribution in [3.8, 4) is 0 Å². The summed E-state index contributed by atoms with van der Waals surface area (Å²) in [5.41, 5.74) is 3.14. The molecule has 0 aliphatic carbocycles. The number of hydrogen-bond donors (Lipinski definition) is 1. The quantitative estimate of drug-likeness (QED) is 0.619. The Kier molecular flexibility index (Phi) is 6.70. The van der Waals surface area contributed by atoms with Gasteiger partial charge in [0.05, 0.1) is 17.6 Å². The standard InChI is InChI=1S/C24H29ClN4O/c1-28(24(30)16-23-21-4-2-3-5-22(21)26-27-23)17-19-11-14-29(15-12-19)13-10-18-6-8-20(25)9-7-18/h2-9,19H,10-17H2,1H3,(H,26,27). The summed E-state index contributed by atoms with van der Waals surface area (Å²) in [4.78, 5) is 17.2. The molecule has 0 unspecified atom stereocenters. The highest BCUT2D eigenvalue weighted by molar-refractivity contribution is 6.30. The summed E-state index contributed by atoms with van der Waals surface area (Å²) in [7, 11) is 1.92. The molecule has 1 aromatic heterocycles. The molecule has 158 valence electrons. The van der Waals surface area contributed by atoms with Crippen molar-refractivity contribution in [1.29, 1.82) is 0 Å². The van der Waals surface area contributed by atoms with E-state index >= 15 is 0 Å². The normalized spacial score (nSPS) is 15.5. The van der Waals surface area contributed by atoms with Gasteiger partial charge in [0.15, 0.2) is 0 Å². The van der Waals surface area contributed by atoms with Crippen molar-refractivity contribution in [2.24, 2.45) is 5.92 Å². The van der Waals surface area contributed by atoms with Gasteiger partial charge >= 0.3 is 0 Å². The number of fused-ring (bicyclic) bond motifs is 1. The van der Waals surface area contributed by atoms with Crippen molar-refractivity contribution < 1.29 is 4.79 Å². The summed E-state index contributed by atoms with van der Waals surface area (Å²) in [6.07, 6.45) is 3.71. The van der Waals surface area contributed by atoms with Crippen LogP contribution in [0.2, 0.25) is 5.02 Å². The molecule has 2 aromatic carbocycles. The molecule has 0 radical (unpaired) electrons. The maximum Gasteiger partial charge on any atom is 0.228 e. The molecule has 1 aliphatic heterocycles. The van der Waals surface area contributed by atoms with Crippen molar-refractivity contribution >= 4 is 28.4 Å². The van der Waals surface area contributed by atoms with E-state index < -0.39 is 0 Å². The third-order valence-electron chi connectivity index (χ3n) is 6.16. The fourth-order valence-electron chi connectivity index (χ4n) is 4.26. The predicted molar refractivity (Wildman–Crippen MR) is 122 cm³/mol. The second-order valence-electron chi connectivity index (χ2n) is 8.33. The van der Waals surface area contributed by atoms with Gasteiger partial charge in [0.25, 0.3) is 0 Å². The topological polar surface area (TPSA) is 52.2 Å². The minimum atomic E-state index is 0.148. The van der Waals surface area contributed by atoms with E-state index in [1.165, 1.54) is 5.56 Å². The van der Waals surface area contributed by atoms with Gasteiger partial charge in [-0.25, -0.2) is 0 Å². The molecule has 0 spiro atoms. The van der Waals surface area contributed by atoms with Crippen molar-refractivity contribution in [1.82, 2.24) is 20.0 Å². The van der Waals surface area contributed by atoms with Gasteiger partial charge in [-0.1, -0.05) is 41.9 Å². The Hall–Kier alpha value is -2.37. The number of rotatable bonds is 7.